The molecule has 0 bridgehead atoms. The summed E-state index contributed by atoms with van der Waals surface area (Å²) in [5.74, 6) is 1.04. The molecule has 2 N–H and O–H groups in total. The van der Waals surface area contributed by atoms with Gasteiger partial charge in [0, 0.05) is 7.05 Å². The fourth-order valence-corrected chi connectivity index (χ4v) is 2.46. The van der Waals surface area contributed by atoms with E-state index in [1.54, 1.807) is 7.05 Å². The van der Waals surface area contributed by atoms with E-state index in [-0.39, 0.29) is 11.9 Å². The van der Waals surface area contributed by atoms with E-state index in [2.05, 4.69) is 15.5 Å². The van der Waals surface area contributed by atoms with Crippen LogP contribution in [0.2, 0.25) is 0 Å². The number of nitrogens with one attached hydrogen (secondary N) is 2. The van der Waals surface area contributed by atoms with Crippen molar-refractivity contribution in [3.05, 3.63) is 0 Å². The lowest BCUT2D eigenvalue weighted by Crippen LogP contribution is -2.46. The maximum Gasteiger partial charge on any atom is 0.237 e. The van der Waals surface area contributed by atoms with Gasteiger partial charge in [0.2, 0.25) is 5.91 Å². The van der Waals surface area contributed by atoms with Crippen LogP contribution in [-0.2, 0) is 4.79 Å². The zero-order valence-electron chi connectivity index (χ0n) is 9.46. The molecule has 0 saturated carbocycles. The highest BCUT2D eigenvalue weighted by atomic mass is 16.2. The lowest BCUT2D eigenvalue weighted by Gasteiger charge is -2.30. The molecule has 2 aliphatic heterocycles. The Hall–Kier alpha value is -0.610. The van der Waals surface area contributed by atoms with Crippen molar-refractivity contribution in [2.24, 2.45) is 5.92 Å². The van der Waals surface area contributed by atoms with Crippen molar-refractivity contribution in [3.63, 3.8) is 0 Å². The van der Waals surface area contributed by atoms with Crippen LogP contribution in [0, 0.1) is 5.92 Å². The van der Waals surface area contributed by atoms with Crippen molar-refractivity contribution in [2.75, 3.05) is 33.2 Å². The predicted molar refractivity (Wildman–Crippen MR) is 59.6 cm³/mol. The quantitative estimate of drug-likeness (QED) is 0.677. The summed E-state index contributed by atoms with van der Waals surface area (Å²) < 4.78 is 0. The number of carbonyl (C=O) groups is 1. The van der Waals surface area contributed by atoms with E-state index in [9.17, 15) is 4.79 Å². The summed E-state index contributed by atoms with van der Waals surface area (Å²) in [6, 6.07) is 0.142. The van der Waals surface area contributed by atoms with Crippen LogP contribution in [0.5, 0.6) is 0 Å². The van der Waals surface area contributed by atoms with Crippen LogP contribution >= 0.6 is 0 Å². The Morgan fingerprint density at radius 2 is 2.33 bits per heavy atom. The molecule has 0 radical (unpaired) electrons. The van der Waals surface area contributed by atoms with Crippen LogP contribution in [0.3, 0.4) is 0 Å². The maximum atomic E-state index is 11.6. The SMILES string of the molecule is CNC(=O)C1CCCN1CCC1CNC1. The fraction of sp³-hybridized carbons (Fsp3) is 0.909. The zero-order valence-corrected chi connectivity index (χ0v) is 9.46. The summed E-state index contributed by atoms with van der Waals surface area (Å²) in [5.41, 5.74) is 0. The molecule has 4 nitrogen and oxygen atoms in total. The highest BCUT2D eigenvalue weighted by Gasteiger charge is 2.30. The lowest BCUT2D eigenvalue weighted by atomic mass is 9.99. The number of hydrogen-bond donors (Lipinski definition) is 2. The molecule has 0 aromatic rings. The summed E-state index contributed by atoms with van der Waals surface area (Å²) >= 11 is 0. The van der Waals surface area contributed by atoms with E-state index in [1.807, 2.05) is 0 Å². The highest BCUT2D eigenvalue weighted by molar-refractivity contribution is 5.81. The molecule has 1 unspecified atom stereocenters. The molecule has 0 aromatic heterocycles. The van der Waals surface area contributed by atoms with E-state index >= 15 is 0 Å². The Kier molecular flexibility index (Phi) is 3.59. The molecule has 2 heterocycles. The fourth-order valence-electron chi connectivity index (χ4n) is 2.46. The molecule has 2 fully saturated rings. The molecule has 0 aromatic carbocycles. The van der Waals surface area contributed by atoms with Crippen LogP contribution in [0.4, 0.5) is 0 Å². The molecule has 4 heteroatoms. The van der Waals surface area contributed by atoms with Crippen LogP contribution in [-0.4, -0.2) is 50.1 Å². The van der Waals surface area contributed by atoms with Crippen molar-refractivity contribution >= 4 is 5.91 Å². The first-order valence-corrected chi connectivity index (χ1v) is 5.97. The summed E-state index contributed by atoms with van der Waals surface area (Å²) in [6.45, 7) is 4.51. The van der Waals surface area contributed by atoms with Gasteiger partial charge in [0.1, 0.15) is 0 Å². The number of likely N-dealkylation sites (tertiary alicyclic amines) is 1. The second-order valence-electron chi connectivity index (χ2n) is 4.62. The molecule has 86 valence electrons. The minimum absolute atomic E-state index is 0.142. The molecular weight excluding hydrogens is 190 g/mol. The van der Waals surface area contributed by atoms with Gasteiger partial charge in [-0.3, -0.25) is 9.69 Å². The van der Waals surface area contributed by atoms with E-state index in [1.165, 1.54) is 25.9 Å². The highest BCUT2D eigenvalue weighted by Crippen LogP contribution is 2.19. The smallest absolute Gasteiger partial charge is 0.237 e. The van der Waals surface area contributed by atoms with Gasteiger partial charge in [0.05, 0.1) is 6.04 Å². The first-order valence-electron chi connectivity index (χ1n) is 5.97. The Bertz CT molecular complexity index is 228. The minimum atomic E-state index is 0.142. The summed E-state index contributed by atoms with van der Waals surface area (Å²) in [6.07, 6.45) is 3.43. The van der Waals surface area contributed by atoms with Crippen molar-refractivity contribution < 1.29 is 4.79 Å². The summed E-state index contributed by atoms with van der Waals surface area (Å²) in [5, 5.41) is 6.04. The minimum Gasteiger partial charge on any atom is -0.358 e. The average molecular weight is 211 g/mol. The Labute approximate surface area is 91.4 Å². The topological polar surface area (TPSA) is 44.4 Å². The van der Waals surface area contributed by atoms with Gasteiger partial charge >= 0.3 is 0 Å². The molecule has 1 atom stereocenters. The van der Waals surface area contributed by atoms with E-state index in [4.69, 9.17) is 0 Å². The van der Waals surface area contributed by atoms with E-state index < -0.39 is 0 Å². The Morgan fingerprint density at radius 1 is 1.53 bits per heavy atom. The third-order valence-corrected chi connectivity index (χ3v) is 3.60. The number of rotatable bonds is 4. The lowest BCUT2D eigenvalue weighted by molar-refractivity contribution is -0.125. The first-order chi connectivity index (χ1) is 7.31. The monoisotopic (exact) mass is 211 g/mol. The van der Waals surface area contributed by atoms with Crippen molar-refractivity contribution in [2.45, 2.75) is 25.3 Å². The summed E-state index contributed by atoms with van der Waals surface area (Å²) in [4.78, 5) is 13.9. The van der Waals surface area contributed by atoms with Gasteiger partial charge in [-0.05, 0) is 51.4 Å². The zero-order chi connectivity index (χ0) is 10.7. The molecule has 1 amide bonds. The normalized spacial score (nSPS) is 27.7. The second-order valence-corrected chi connectivity index (χ2v) is 4.62. The van der Waals surface area contributed by atoms with Gasteiger partial charge in [-0.2, -0.15) is 0 Å². The Balaban J connectivity index is 1.76. The van der Waals surface area contributed by atoms with Gasteiger partial charge in [0.15, 0.2) is 0 Å². The number of hydrogen-bond acceptors (Lipinski definition) is 3. The van der Waals surface area contributed by atoms with Gasteiger partial charge in [0.25, 0.3) is 0 Å². The van der Waals surface area contributed by atoms with Crippen LogP contribution in [0.15, 0.2) is 0 Å². The second kappa shape index (κ2) is 4.94. The number of carbonyl (C=O) groups excluding carboxylic acids is 1. The van der Waals surface area contributed by atoms with Crippen LogP contribution < -0.4 is 10.6 Å². The molecule has 0 aliphatic carbocycles. The number of likely N-dealkylation sites (N-methyl/N-ethyl adjacent to an activating group) is 1. The first kappa shape index (κ1) is 10.9. The van der Waals surface area contributed by atoms with Crippen molar-refractivity contribution in [3.8, 4) is 0 Å². The molecule has 2 saturated heterocycles. The Morgan fingerprint density at radius 3 is 2.93 bits per heavy atom. The van der Waals surface area contributed by atoms with E-state index in [0.29, 0.717) is 0 Å². The number of nitrogens with zero attached hydrogens (tertiary/aromatic N) is 1. The molecule has 15 heavy (non-hydrogen) atoms. The van der Waals surface area contributed by atoms with Crippen LogP contribution in [0.25, 0.3) is 0 Å². The van der Waals surface area contributed by atoms with Gasteiger partial charge in [-0.25, -0.2) is 0 Å². The average Bonchev–Trinajstić information content (AvgIpc) is 2.62. The van der Waals surface area contributed by atoms with Crippen molar-refractivity contribution in [1.29, 1.82) is 0 Å². The molecule has 0 spiro atoms. The van der Waals surface area contributed by atoms with Gasteiger partial charge in [-0.1, -0.05) is 0 Å². The number of amides is 1. The standard InChI is InChI=1S/C11H21N3O/c1-12-11(15)10-3-2-5-14(10)6-4-9-7-13-8-9/h9-10,13H,2-8H2,1H3,(H,12,15). The largest absolute Gasteiger partial charge is 0.358 e. The van der Waals surface area contributed by atoms with Gasteiger partial charge < -0.3 is 10.6 Å². The van der Waals surface area contributed by atoms with E-state index in [0.717, 1.165) is 25.4 Å². The predicted octanol–water partition coefficient (Wildman–Crippen LogP) is -0.194. The molecular formula is C11H21N3O. The third kappa shape index (κ3) is 2.49. The molecule has 2 aliphatic rings. The van der Waals surface area contributed by atoms with Gasteiger partial charge in [-0.15, -0.1) is 0 Å². The molecule has 2 rings (SSSR count). The maximum absolute atomic E-state index is 11.6. The van der Waals surface area contributed by atoms with Crippen molar-refractivity contribution in [1.82, 2.24) is 15.5 Å². The van der Waals surface area contributed by atoms with Crippen LogP contribution in [0.1, 0.15) is 19.3 Å². The third-order valence-electron chi connectivity index (χ3n) is 3.60. The summed E-state index contributed by atoms with van der Waals surface area (Å²) in [7, 11) is 1.73.